The van der Waals surface area contributed by atoms with Crippen molar-refractivity contribution >= 4 is 17.8 Å². The summed E-state index contributed by atoms with van der Waals surface area (Å²) in [6.45, 7) is 7.84. The van der Waals surface area contributed by atoms with E-state index in [0.29, 0.717) is 13.0 Å². The monoisotopic (exact) mass is 812 g/mol. The summed E-state index contributed by atoms with van der Waals surface area (Å²) in [4.78, 5) is 37.2. The number of carbonyl (C=O) groups excluding carboxylic acids is 3. The first kappa shape index (κ1) is 55.3. The molecule has 2 atom stereocenters. The van der Waals surface area contributed by atoms with Gasteiger partial charge < -0.3 is 29.7 Å². The first-order valence-electron chi connectivity index (χ1n) is 24.2. The van der Waals surface area contributed by atoms with E-state index in [1.165, 1.54) is 167 Å². The maximum Gasteiger partial charge on any atom is 0.307 e. The molecular weight excluding hydrogens is 719 g/mol. The molecule has 0 heterocycles. The van der Waals surface area contributed by atoms with Crippen molar-refractivity contribution in [2.45, 2.75) is 252 Å². The van der Waals surface area contributed by atoms with Gasteiger partial charge in [0.25, 0.3) is 0 Å². The van der Waals surface area contributed by atoms with E-state index in [0.717, 1.165) is 32.1 Å². The predicted molar refractivity (Wildman–Crippen MR) is 235 cm³/mol. The third-order valence-corrected chi connectivity index (χ3v) is 11.2. The molecule has 0 aliphatic carbocycles. The van der Waals surface area contributed by atoms with Gasteiger partial charge in [0.05, 0.1) is 13.0 Å². The van der Waals surface area contributed by atoms with Crippen LogP contribution >= 0.6 is 0 Å². The summed E-state index contributed by atoms with van der Waals surface area (Å²) in [5.74, 6) is -1.42. The lowest BCUT2D eigenvalue weighted by atomic mass is 9.87. The van der Waals surface area contributed by atoms with Gasteiger partial charge in [-0.25, -0.2) is 0 Å². The van der Waals surface area contributed by atoms with Crippen molar-refractivity contribution in [1.82, 2.24) is 5.32 Å². The van der Waals surface area contributed by atoms with Crippen LogP contribution in [0.2, 0.25) is 0 Å². The number of carbonyl (C=O) groups is 3. The van der Waals surface area contributed by atoms with Crippen LogP contribution in [0.4, 0.5) is 0 Å². The van der Waals surface area contributed by atoms with Crippen molar-refractivity contribution in [1.29, 1.82) is 0 Å². The van der Waals surface area contributed by atoms with Crippen LogP contribution < -0.4 is 5.32 Å². The predicted octanol–water partition coefficient (Wildman–Crippen LogP) is 11.9. The molecule has 0 radical (unpaired) electrons. The summed E-state index contributed by atoms with van der Waals surface area (Å²) in [6.07, 6.45) is 38.2. The fourth-order valence-electron chi connectivity index (χ4n) is 7.03. The van der Waals surface area contributed by atoms with Gasteiger partial charge in [0.15, 0.2) is 0 Å². The zero-order valence-corrected chi connectivity index (χ0v) is 37.9. The second kappa shape index (κ2) is 41.0. The normalized spacial score (nSPS) is 12.7. The Morgan fingerprint density at radius 3 is 1.21 bits per heavy atom. The second-order valence-electron chi connectivity index (χ2n) is 17.5. The second-order valence-corrected chi connectivity index (χ2v) is 17.5. The van der Waals surface area contributed by atoms with Crippen molar-refractivity contribution in [3.63, 3.8) is 0 Å². The van der Waals surface area contributed by atoms with E-state index in [2.05, 4.69) is 19.2 Å². The fraction of sp³-hybridized carbons (Fsp3) is 0.938. The number of nitrogens with one attached hydrogen (secondary N) is 1. The van der Waals surface area contributed by atoms with E-state index in [1.807, 2.05) is 0 Å². The maximum atomic E-state index is 12.5. The van der Waals surface area contributed by atoms with E-state index in [9.17, 15) is 24.6 Å². The lowest BCUT2D eigenvalue weighted by Gasteiger charge is -2.27. The minimum absolute atomic E-state index is 0.00477. The number of unbranched alkanes of at least 4 members (excludes halogenated alkanes) is 29. The van der Waals surface area contributed by atoms with Gasteiger partial charge >= 0.3 is 11.9 Å². The van der Waals surface area contributed by atoms with Gasteiger partial charge in [0.2, 0.25) is 5.91 Å². The van der Waals surface area contributed by atoms with Crippen LogP contribution in [0.1, 0.15) is 240 Å². The SMILES string of the molecule is CCCCCCCCCCCCCCCCCCOC(COC(=O)CCCCCCCCCCCCCCCCC)COC(=O)CCNC(=O)[C@H](O)C(C)(C)CO. The molecule has 57 heavy (non-hydrogen) atoms. The average Bonchev–Trinajstić information content (AvgIpc) is 3.20. The quantitative estimate of drug-likeness (QED) is 0.0409. The molecule has 0 aliphatic rings. The number of hydrogen-bond acceptors (Lipinski definition) is 8. The lowest BCUT2D eigenvalue weighted by Crippen LogP contribution is -2.46. The van der Waals surface area contributed by atoms with Gasteiger partial charge in [-0.1, -0.05) is 214 Å². The third kappa shape index (κ3) is 37.1. The molecule has 0 saturated heterocycles. The zero-order chi connectivity index (χ0) is 42.1. The van der Waals surface area contributed by atoms with Gasteiger partial charge in [-0.2, -0.15) is 0 Å². The first-order chi connectivity index (χ1) is 27.7. The maximum absolute atomic E-state index is 12.5. The molecule has 0 aromatic heterocycles. The van der Waals surface area contributed by atoms with Crippen molar-refractivity contribution < 1.29 is 38.8 Å². The molecule has 338 valence electrons. The third-order valence-electron chi connectivity index (χ3n) is 11.2. The highest BCUT2D eigenvalue weighted by Crippen LogP contribution is 2.20. The molecule has 3 N–H and O–H groups in total. The fourth-order valence-corrected chi connectivity index (χ4v) is 7.03. The Kier molecular flexibility index (Phi) is 39.8. The van der Waals surface area contributed by atoms with E-state index >= 15 is 0 Å². The van der Waals surface area contributed by atoms with Crippen LogP contribution in [0.3, 0.4) is 0 Å². The highest BCUT2D eigenvalue weighted by atomic mass is 16.6. The van der Waals surface area contributed by atoms with Crippen LogP contribution in [0.15, 0.2) is 0 Å². The largest absolute Gasteiger partial charge is 0.463 e. The number of aliphatic hydroxyl groups excluding tert-OH is 2. The Morgan fingerprint density at radius 2 is 0.842 bits per heavy atom. The van der Waals surface area contributed by atoms with Crippen LogP contribution in [-0.4, -0.2) is 73.2 Å². The Labute approximate surface area is 351 Å². The van der Waals surface area contributed by atoms with Crippen LogP contribution in [0.5, 0.6) is 0 Å². The Hall–Kier alpha value is -1.71. The zero-order valence-electron chi connectivity index (χ0n) is 37.9. The standard InChI is InChI=1S/C48H93NO8/c1-5-7-9-11-13-15-17-19-21-23-25-27-29-31-33-35-39-55-43(41-57-45(52)37-38-49-47(54)46(53)48(3,4)42-50)40-56-44(51)36-34-32-30-28-26-24-22-20-18-16-14-12-10-8-6-2/h43,46,50,53H,5-42H2,1-4H3,(H,49,54)/t43?,46-/m0/s1. The van der Waals surface area contributed by atoms with Crippen molar-refractivity contribution in [3.8, 4) is 0 Å². The van der Waals surface area contributed by atoms with E-state index in [1.54, 1.807) is 13.8 Å². The highest BCUT2D eigenvalue weighted by molar-refractivity contribution is 5.81. The Morgan fingerprint density at radius 1 is 0.509 bits per heavy atom. The highest BCUT2D eigenvalue weighted by Gasteiger charge is 2.32. The summed E-state index contributed by atoms with van der Waals surface area (Å²) in [5.41, 5.74) is -0.995. The topological polar surface area (TPSA) is 131 Å². The van der Waals surface area contributed by atoms with Crippen LogP contribution in [0.25, 0.3) is 0 Å². The minimum Gasteiger partial charge on any atom is -0.463 e. The molecule has 0 saturated carbocycles. The van der Waals surface area contributed by atoms with Gasteiger partial charge in [-0.05, 0) is 12.8 Å². The van der Waals surface area contributed by atoms with E-state index in [-0.39, 0.29) is 38.8 Å². The molecule has 9 nitrogen and oxygen atoms in total. The molecule has 0 rings (SSSR count). The first-order valence-corrected chi connectivity index (χ1v) is 24.2. The smallest absolute Gasteiger partial charge is 0.307 e. The number of aliphatic hydroxyl groups is 2. The summed E-state index contributed by atoms with van der Waals surface area (Å²) in [7, 11) is 0. The van der Waals surface area contributed by atoms with Crippen molar-refractivity contribution in [2.24, 2.45) is 5.41 Å². The Balaban J connectivity index is 4.31. The van der Waals surface area contributed by atoms with Gasteiger partial charge in [0, 0.05) is 25.0 Å². The Bertz CT molecular complexity index is 913. The van der Waals surface area contributed by atoms with Crippen molar-refractivity contribution in [2.75, 3.05) is 33.0 Å². The molecular formula is C48H93NO8. The van der Waals surface area contributed by atoms with Gasteiger partial charge in [-0.3, -0.25) is 14.4 Å². The molecule has 0 aromatic carbocycles. The number of rotatable bonds is 44. The van der Waals surface area contributed by atoms with E-state index < -0.39 is 29.5 Å². The molecule has 0 bridgehead atoms. The number of ether oxygens (including phenoxy) is 3. The summed E-state index contributed by atoms with van der Waals surface area (Å²) in [6, 6.07) is 0. The van der Waals surface area contributed by atoms with Gasteiger partial charge in [-0.15, -0.1) is 0 Å². The summed E-state index contributed by atoms with van der Waals surface area (Å²) >= 11 is 0. The molecule has 1 amide bonds. The van der Waals surface area contributed by atoms with Gasteiger partial charge in [0.1, 0.15) is 25.4 Å². The van der Waals surface area contributed by atoms with Crippen molar-refractivity contribution in [3.05, 3.63) is 0 Å². The molecule has 9 heteroatoms. The summed E-state index contributed by atoms with van der Waals surface area (Å²) < 4.78 is 17.0. The molecule has 0 fully saturated rings. The molecule has 0 spiro atoms. The van der Waals surface area contributed by atoms with Crippen LogP contribution in [-0.2, 0) is 28.6 Å². The molecule has 0 aliphatic heterocycles. The summed E-state index contributed by atoms with van der Waals surface area (Å²) in [5, 5.41) is 22.1. The minimum atomic E-state index is -1.40. The number of hydrogen-bond donors (Lipinski definition) is 3. The molecule has 1 unspecified atom stereocenters. The lowest BCUT2D eigenvalue weighted by molar-refractivity contribution is -0.155. The molecule has 0 aromatic rings. The van der Waals surface area contributed by atoms with E-state index in [4.69, 9.17) is 14.2 Å². The average molecular weight is 812 g/mol. The number of amides is 1. The number of esters is 2. The van der Waals surface area contributed by atoms with Crippen LogP contribution in [0, 0.1) is 5.41 Å².